The van der Waals surface area contributed by atoms with Gasteiger partial charge in [0, 0.05) is 6.04 Å². The van der Waals surface area contributed by atoms with Crippen LogP contribution in [0.4, 0.5) is 4.79 Å². The monoisotopic (exact) mass is 197 g/mol. The molecule has 0 aromatic heterocycles. The summed E-state index contributed by atoms with van der Waals surface area (Å²) in [5.74, 6) is 0. The lowest BCUT2D eigenvalue weighted by Crippen LogP contribution is -2.36. The molecule has 1 spiro atoms. The van der Waals surface area contributed by atoms with E-state index in [0.29, 0.717) is 11.5 Å². The molecular formula is C11H19NO2. The number of alkyl carbamates (subject to hydrolysis) is 1. The summed E-state index contributed by atoms with van der Waals surface area (Å²) < 4.78 is 5.20. The summed E-state index contributed by atoms with van der Waals surface area (Å²) in [4.78, 5) is 11.4. The second kappa shape index (κ2) is 2.88. The zero-order valence-electron chi connectivity index (χ0n) is 9.22. The van der Waals surface area contributed by atoms with Crippen molar-refractivity contribution in [1.82, 2.24) is 5.32 Å². The van der Waals surface area contributed by atoms with Crippen molar-refractivity contribution in [3.8, 4) is 0 Å². The smallest absolute Gasteiger partial charge is 0.407 e. The molecule has 1 unspecified atom stereocenters. The molecule has 1 N–H and O–H groups in total. The Labute approximate surface area is 85.2 Å². The minimum absolute atomic E-state index is 0.258. The highest BCUT2D eigenvalue weighted by Crippen LogP contribution is 2.60. The van der Waals surface area contributed by atoms with Gasteiger partial charge in [-0.3, -0.25) is 0 Å². The Morgan fingerprint density at radius 1 is 1.43 bits per heavy atom. The van der Waals surface area contributed by atoms with E-state index in [2.05, 4.69) is 5.32 Å². The fourth-order valence-corrected chi connectivity index (χ4v) is 2.19. The summed E-state index contributed by atoms with van der Waals surface area (Å²) in [6, 6.07) is 0.395. The average Bonchev–Trinajstić information content (AvgIpc) is 2.56. The molecule has 0 heterocycles. The number of hydrogen-bond acceptors (Lipinski definition) is 2. The lowest BCUT2D eigenvalue weighted by atomic mass is 9.81. The van der Waals surface area contributed by atoms with Gasteiger partial charge in [-0.2, -0.15) is 0 Å². The Hall–Kier alpha value is -0.730. The Kier molecular flexibility index (Phi) is 2.02. The molecule has 1 atom stereocenters. The van der Waals surface area contributed by atoms with Crippen LogP contribution in [0, 0.1) is 5.41 Å². The fraction of sp³-hybridized carbons (Fsp3) is 0.909. The van der Waals surface area contributed by atoms with Crippen LogP contribution in [0.2, 0.25) is 0 Å². The normalized spacial score (nSPS) is 28.1. The Morgan fingerprint density at radius 3 is 2.43 bits per heavy atom. The van der Waals surface area contributed by atoms with Gasteiger partial charge in [0.25, 0.3) is 0 Å². The molecule has 0 aromatic rings. The molecule has 0 aliphatic heterocycles. The highest BCUT2D eigenvalue weighted by atomic mass is 16.6. The van der Waals surface area contributed by atoms with Gasteiger partial charge in [-0.15, -0.1) is 0 Å². The minimum Gasteiger partial charge on any atom is -0.444 e. The summed E-state index contributed by atoms with van der Waals surface area (Å²) in [5.41, 5.74) is 0.0999. The predicted octanol–water partition coefficient (Wildman–Crippen LogP) is 2.45. The number of carbonyl (C=O) groups is 1. The summed E-state index contributed by atoms with van der Waals surface area (Å²) in [7, 11) is 0. The van der Waals surface area contributed by atoms with Crippen molar-refractivity contribution in [1.29, 1.82) is 0 Å². The average molecular weight is 197 g/mol. The second-order valence-electron chi connectivity index (χ2n) is 5.62. The first kappa shape index (κ1) is 9.81. The van der Waals surface area contributed by atoms with Gasteiger partial charge < -0.3 is 10.1 Å². The van der Waals surface area contributed by atoms with Gasteiger partial charge in [0.05, 0.1) is 0 Å². The largest absolute Gasteiger partial charge is 0.444 e. The lowest BCUT2D eigenvalue weighted by molar-refractivity contribution is 0.0508. The molecule has 0 saturated heterocycles. The molecule has 0 radical (unpaired) electrons. The molecule has 1 amide bonds. The maximum absolute atomic E-state index is 11.4. The van der Waals surface area contributed by atoms with E-state index in [1.165, 1.54) is 19.3 Å². The van der Waals surface area contributed by atoms with Gasteiger partial charge in [0.1, 0.15) is 5.60 Å². The number of carbonyl (C=O) groups excluding carboxylic acids is 1. The van der Waals surface area contributed by atoms with Crippen LogP contribution in [-0.4, -0.2) is 17.7 Å². The van der Waals surface area contributed by atoms with Crippen molar-refractivity contribution in [2.45, 2.75) is 58.1 Å². The topological polar surface area (TPSA) is 38.3 Å². The van der Waals surface area contributed by atoms with Crippen LogP contribution in [-0.2, 0) is 4.74 Å². The molecule has 3 nitrogen and oxygen atoms in total. The van der Waals surface area contributed by atoms with Gasteiger partial charge in [0.15, 0.2) is 0 Å². The van der Waals surface area contributed by atoms with Crippen LogP contribution in [0.15, 0.2) is 0 Å². The van der Waals surface area contributed by atoms with Gasteiger partial charge in [-0.1, -0.05) is 6.42 Å². The van der Waals surface area contributed by atoms with Crippen LogP contribution in [0.5, 0.6) is 0 Å². The van der Waals surface area contributed by atoms with E-state index in [1.807, 2.05) is 20.8 Å². The van der Waals surface area contributed by atoms with Gasteiger partial charge in [0.2, 0.25) is 0 Å². The van der Waals surface area contributed by atoms with Crippen LogP contribution in [0.1, 0.15) is 46.5 Å². The number of rotatable bonds is 1. The maximum atomic E-state index is 11.4. The minimum atomic E-state index is -0.383. The second-order valence-corrected chi connectivity index (χ2v) is 5.62. The van der Waals surface area contributed by atoms with Gasteiger partial charge in [-0.05, 0) is 45.4 Å². The number of ether oxygens (including phenoxy) is 1. The van der Waals surface area contributed by atoms with Crippen LogP contribution in [0.25, 0.3) is 0 Å². The van der Waals surface area contributed by atoms with E-state index < -0.39 is 0 Å². The number of hydrogen-bond donors (Lipinski definition) is 1. The van der Waals surface area contributed by atoms with Crippen LogP contribution < -0.4 is 5.32 Å². The Bertz CT molecular complexity index is 251. The molecule has 2 saturated carbocycles. The van der Waals surface area contributed by atoms with Crippen molar-refractivity contribution in [2.24, 2.45) is 5.41 Å². The Balaban J connectivity index is 1.74. The third kappa shape index (κ3) is 1.86. The first-order valence-corrected chi connectivity index (χ1v) is 5.41. The van der Waals surface area contributed by atoms with E-state index in [9.17, 15) is 4.79 Å². The lowest BCUT2D eigenvalue weighted by Gasteiger charge is -2.27. The van der Waals surface area contributed by atoms with E-state index in [4.69, 9.17) is 4.74 Å². The van der Waals surface area contributed by atoms with Crippen LogP contribution in [0.3, 0.4) is 0 Å². The highest BCUT2D eigenvalue weighted by molar-refractivity contribution is 5.69. The molecule has 3 heteroatoms. The molecule has 2 aliphatic carbocycles. The quantitative estimate of drug-likeness (QED) is 0.701. The zero-order valence-corrected chi connectivity index (χ0v) is 9.22. The van der Waals surface area contributed by atoms with Crippen molar-refractivity contribution in [3.05, 3.63) is 0 Å². The van der Waals surface area contributed by atoms with Gasteiger partial charge in [-0.25, -0.2) is 4.79 Å². The first-order valence-electron chi connectivity index (χ1n) is 5.41. The molecule has 0 bridgehead atoms. The number of amides is 1. The van der Waals surface area contributed by atoms with E-state index in [1.54, 1.807) is 0 Å². The van der Waals surface area contributed by atoms with E-state index >= 15 is 0 Å². The van der Waals surface area contributed by atoms with Gasteiger partial charge >= 0.3 is 6.09 Å². The SMILES string of the molecule is CC(C)(C)OC(=O)NC1CC12CCC2. The zero-order chi connectivity index (χ0) is 10.4. The maximum Gasteiger partial charge on any atom is 0.407 e. The van der Waals surface area contributed by atoms with Crippen molar-refractivity contribution >= 4 is 6.09 Å². The molecule has 80 valence electrons. The van der Waals surface area contributed by atoms with Crippen molar-refractivity contribution in [3.63, 3.8) is 0 Å². The Morgan fingerprint density at radius 2 is 2.07 bits per heavy atom. The first-order chi connectivity index (χ1) is 6.41. The fourth-order valence-electron chi connectivity index (χ4n) is 2.19. The highest BCUT2D eigenvalue weighted by Gasteiger charge is 2.58. The third-order valence-electron chi connectivity index (χ3n) is 3.23. The molecule has 2 fully saturated rings. The summed E-state index contributed by atoms with van der Waals surface area (Å²) in [6.07, 6.45) is 4.80. The summed E-state index contributed by atoms with van der Waals surface area (Å²) in [6.45, 7) is 5.66. The molecule has 14 heavy (non-hydrogen) atoms. The third-order valence-corrected chi connectivity index (χ3v) is 3.23. The molecule has 2 aliphatic rings. The molecule has 2 rings (SSSR count). The van der Waals surface area contributed by atoms with E-state index in [0.717, 1.165) is 6.42 Å². The van der Waals surface area contributed by atoms with Crippen molar-refractivity contribution in [2.75, 3.05) is 0 Å². The summed E-state index contributed by atoms with van der Waals surface area (Å²) >= 11 is 0. The standard InChI is InChI=1S/C11H19NO2/c1-10(2,3)14-9(13)12-8-7-11(8)5-4-6-11/h8H,4-7H2,1-3H3,(H,12,13). The number of nitrogens with one attached hydrogen (secondary N) is 1. The molecule has 0 aromatic carbocycles. The predicted molar refractivity (Wildman–Crippen MR) is 54.1 cm³/mol. The van der Waals surface area contributed by atoms with Crippen LogP contribution >= 0.6 is 0 Å². The summed E-state index contributed by atoms with van der Waals surface area (Å²) in [5, 5.41) is 2.94. The van der Waals surface area contributed by atoms with E-state index in [-0.39, 0.29) is 11.7 Å². The van der Waals surface area contributed by atoms with Crippen molar-refractivity contribution < 1.29 is 9.53 Å². The molecular weight excluding hydrogens is 178 g/mol.